The minimum absolute atomic E-state index is 0.166. The summed E-state index contributed by atoms with van der Waals surface area (Å²) in [7, 11) is 1.23. The number of rotatable bonds is 6. The number of nitrogens with one attached hydrogen (secondary N) is 2. The Labute approximate surface area is 112 Å². The average Bonchev–Trinajstić information content (AvgIpc) is 2.30. The lowest BCUT2D eigenvalue weighted by Crippen LogP contribution is -2.54. The molecule has 7 heteroatoms. The molecule has 0 rings (SSSR count). The average molecular weight is 274 g/mol. The van der Waals surface area contributed by atoms with Gasteiger partial charge in [0.1, 0.15) is 12.1 Å². The van der Waals surface area contributed by atoms with E-state index in [1.165, 1.54) is 7.11 Å². The van der Waals surface area contributed by atoms with Crippen molar-refractivity contribution >= 4 is 18.0 Å². The van der Waals surface area contributed by atoms with E-state index in [-0.39, 0.29) is 11.8 Å². The first kappa shape index (κ1) is 17.2. The largest absolute Gasteiger partial charge is 0.480 e. The van der Waals surface area contributed by atoms with Crippen LogP contribution in [0, 0.1) is 11.8 Å². The molecule has 7 nitrogen and oxygen atoms in total. The fourth-order valence-electron chi connectivity index (χ4n) is 1.46. The number of esters is 1. The van der Waals surface area contributed by atoms with Gasteiger partial charge in [0.15, 0.2) is 0 Å². The molecule has 2 atom stereocenters. The molecule has 0 aromatic heterocycles. The zero-order valence-corrected chi connectivity index (χ0v) is 11.9. The van der Waals surface area contributed by atoms with Gasteiger partial charge >= 0.3 is 18.0 Å². The number of carboxylic acids is 1. The van der Waals surface area contributed by atoms with E-state index >= 15 is 0 Å². The van der Waals surface area contributed by atoms with Crippen molar-refractivity contribution in [3.63, 3.8) is 0 Å². The van der Waals surface area contributed by atoms with Gasteiger partial charge in [-0.3, -0.25) is 0 Å². The van der Waals surface area contributed by atoms with E-state index in [2.05, 4.69) is 15.4 Å². The van der Waals surface area contributed by atoms with E-state index in [9.17, 15) is 14.4 Å². The predicted octanol–water partition coefficient (Wildman–Crippen LogP) is 0.592. The lowest BCUT2D eigenvalue weighted by Gasteiger charge is -2.23. The minimum Gasteiger partial charge on any atom is -0.480 e. The fraction of sp³-hybridized carbons (Fsp3) is 0.750. The second-order valence-corrected chi connectivity index (χ2v) is 4.92. The fourth-order valence-corrected chi connectivity index (χ4v) is 1.46. The summed E-state index contributed by atoms with van der Waals surface area (Å²) in [6, 6.07) is -2.53. The molecule has 0 radical (unpaired) electrons. The number of urea groups is 1. The maximum Gasteiger partial charge on any atom is 0.328 e. The van der Waals surface area contributed by atoms with Gasteiger partial charge in [0.25, 0.3) is 0 Å². The summed E-state index contributed by atoms with van der Waals surface area (Å²) in [5, 5.41) is 13.7. The van der Waals surface area contributed by atoms with Crippen LogP contribution < -0.4 is 10.6 Å². The Morgan fingerprint density at radius 1 is 0.947 bits per heavy atom. The van der Waals surface area contributed by atoms with Gasteiger partial charge in [-0.05, 0) is 11.8 Å². The number of carbonyl (C=O) groups excluding carboxylic acids is 2. The summed E-state index contributed by atoms with van der Waals surface area (Å²) in [6.45, 7) is 6.86. The van der Waals surface area contributed by atoms with Crippen LogP contribution in [-0.4, -0.2) is 42.3 Å². The second kappa shape index (κ2) is 7.60. The monoisotopic (exact) mass is 274 g/mol. The molecule has 0 aromatic carbocycles. The third kappa shape index (κ3) is 5.58. The molecule has 0 aromatic rings. The first-order chi connectivity index (χ1) is 8.70. The number of methoxy groups -OCH3 is 1. The van der Waals surface area contributed by atoms with Gasteiger partial charge in [0.05, 0.1) is 7.11 Å². The molecule has 0 bridgehead atoms. The standard InChI is InChI=1S/C12H22N2O5/c1-6(2)8(10(15)16)13-12(18)14-9(7(3)4)11(17)19-5/h6-9H,1-5H3,(H,15,16)(H2,13,14,18)/t8-,9+/m0/s1. The van der Waals surface area contributed by atoms with E-state index < -0.39 is 30.1 Å². The Morgan fingerprint density at radius 3 is 1.68 bits per heavy atom. The molecule has 0 aliphatic rings. The van der Waals surface area contributed by atoms with Crippen molar-refractivity contribution in [3.8, 4) is 0 Å². The van der Waals surface area contributed by atoms with Crippen LogP contribution in [0.25, 0.3) is 0 Å². The maximum absolute atomic E-state index is 11.7. The molecule has 0 unspecified atom stereocenters. The lowest BCUT2D eigenvalue weighted by atomic mass is 10.0. The molecule has 0 aliphatic heterocycles. The second-order valence-electron chi connectivity index (χ2n) is 4.92. The van der Waals surface area contributed by atoms with Crippen LogP contribution in [0.15, 0.2) is 0 Å². The van der Waals surface area contributed by atoms with Crippen LogP contribution >= 0.6 is 0 Å². The smallest absolute Gasteiger partial charge is 0.328 e. The Hall–Kier alpha value is -1.79. The van der Waals surface area contributed by atoms with Crippen molar-refractivity contribution in [1.29, 1.82) is 0 Å². The van der Waals surface area contributed by atoms with Gasteiger partial charge in [-0.15, -0.1) is 0 Å². The topological polar surface area (TPSA) is 105 Å². The van der Waals surface area contributed by atoms with Crippen LogP contribution in [0.2, 0.25) is 0 Å². The molecular weight excluding hydrogens is 252 g/mol. The number of carboxylic acid groups (broad SMARTS) is 1. The zero-order chi connectivity index (χ0) is 15.2. The molecule has 0 heterocycles. The highest BCUT2D eigenvalue weighted by Crippen LogP contribution is 2.05. The Kier molecular flexibility index (Phi) is 6.89. The predicted molar refractivity (Wildman–Crippen MR) is 68.6 cm³/mol. The summed E-state index contributed by atoms with van der Waals surface area (Å²) >= 11 is 0. The first-order valence-electron chi connectivity index (χ1n) is 6.08. The van der Waals surface area contributed by atoms with Crippen LogP contribution in [0.5, 0.6) is 0 Å². The Balaban J connectivity index is 4.66. The van der Waals surface area contributed by atoms with E-state index in [4.69, 9.17) is 5.11 Å². The Morgan fingerprint density at radius 2 is 1.37 bits per heavy atom. The van der Waals surface area contributed by atoms with Crippen LogP contribution in [0.3, 0.4) is 0 Å². The summed E-state index contributed by atoms with van der Waals surface area (Å²) in [4.78, 5) is 34.1. The summed E-state index contributed by atoms with van der Waals surface area (Å²) in [5.74, 6) is -2.12. The zero-order valence-electron chi connectivity index (χ0n) is 11.9. The van der Waals surface area contributed by atoms with Gasteiger partial charge < -0.3 is 20.5 Å². The number of hydrogen-bond acceptors (Lipinski definition) is 4. The lowest BCUT2D eigenvalue weighted by molar-refractivity contribution is -0.144. The minimum atomic E-state index is -1.12. The normalized spacial score (nSPS) is 13.8. The van der Waals surface area contributed by atoms with Crippen LogP contribution in [-0.2, 0) is 14.3 Å². The van der Waals surface area contributed by atoms with E-state index in [0.29, 0.717) is 0 Å². The number of carbonyl (C=O) groups is 3. The molecule has 0 saturated heterocycles. The van der Waals surface area contributed by atoms with Gasteiger partial charge in [-0.25, -0.2) is 14.4 Å². The van der Waals surface area contributed by atoms with Crippen molar-refractivity contribution < 1.29 is 24.2 Å². The van der Waals surface area contributed by atoms with Gasteiger partial charge in [0.2, 0.25) is 0 Å². The summed E-state index contributed by atoms with van der Waals surface area (Å²) in [5.41, 5.74) is 0. The van der Waals surface area contributed by atoms with Gasteiger partial charge in [-0.1, -0.05) is 27.7 Å². The molecule has 0 spiro atoms. The van der Waals surface area contributed by atoms with Crippen molar-refractivity contribution in [1.82, 2.24) is 10.6 Å². The third-order valence-electron chi connectivity index (χ3n) is 2.63. The van der Waals surface area contributed by atoms with Gasteiger partial charge in [-0.2, -0.15) is 0 Å². The van der Waals surface area contributed by atoms with E-state index in [1.54, 1.807) is 27.7 Å². The van der Waals surface area contributed by atoms with Gasteiger partial charge in [0, 0.05) is 0 Å². The maximum atomic E-state index is 11.7. The van der Waals surface area contributed by atoms with Crippen molar-refractivity contribution in [2.24, 2.45) is 11.8 Å². The van der Waals surface area contributed by atoms with Crippen molar-refractivity contribution in [2.45, 2.75) is 39.8 Å². The highest BCUT2D eigenvalue weighted by molar-refractivity contribution is 5.86. The molecule has 0 aliphatic carbocycles. The molecule has 2 amide bonds. The number of hydrogen-bond donors (Lipinski definition) is 3. The number of ether oxygens (including phenoxy) is 1. The highest BCUT2D eigenvalue weighted by Gasteiger charge is 2.28. The molecular formula is C12H22N2O5. The quantitative estimate of drug-likeness (QED) is 0.615. The molecule has 0 fully saturated rings. The summed E-state index contributed by atoms with van der Waals surface area (Å²) < 4.78 is 4.58. The van der Waals surface area contributed by atoms with Crippen LogP contribution in [0.1, 0.15) is 27.7 Å². The SMILES string of the molecule is COC(=O)[C@H](NC(=O)N[C@H](C(=O)O)C(C)C)C(C)C. The first-order valence-corrected chi connectivity index (χ1v) is 6.08. The summed E-state index contributed by atoms with van der Waals surface area (Å²) in [6.07, 6.45) is 0. The molecule has 0 saturated carbocycles. The number of aliphatic carboxylic acids is 1. The molecule has 110 valence electrons. The number of amides is 2. The molecule has 3 N–H and O–H groups in total. The van der Waals surface area contributed by atoms with Crippen molar-refractivity contribution in [2.75, 3.05) is 7.11 Å². The van der Waals surface area contributed by atoms with Crippen LogP contribution in [0.4, 0.5) is 4.79 Å². The Bertz CT molecular complexity index is 341. The van der Waals surface area contributed by atoms with E-state index in [1.807, 2.05) is 0 Å². The van der Waals surface area contributed by atoms with Crippen molar-refractivity contribution in [3.05, 3.63) is 0 Å². The third-order valence-corrected chi connectivity index (χ3v) is 2.63. The molecule has 19 heavy (non-hydrogen) atoms. The highest BCUT2D eigenvalue weighted by atomic mass is 16.5. The van der Waals surface area contributed by atoms with E-state index in [0.717, 1.165) is 0 Å².